The monoisotopic (exact) mass is 348 g/mol. The summed E-state index contributed by atoms with van der Waals surface area (Å²) in [6.07, 6.45) is 4.46. The molecular weight excluding hydrogens is 320 g/mol. The largest absolute Gasteiger partial charge is 0.368 e. The molecule has 1 aliphatic heterocycles. The van der Waals surface area contributed by atoms with E-state index < -0.39 is 8.07 Å². The molecule has 1 fully saturated rings. The Morgan fingerprint density at radius 2 is 1.44 bits per heavy atom. The first-order chi connectivity index (χ1) is 11.9. The Kier molecular flexibility index (Phi) is 4.85. The Morgan fingerprint density at radius 3 is 1.84 bits per heavy atom. The van der Waals surface area contributed by atoms with E-state index in [2.05, 4.69) is 100 Å². The minimum Gasteiger partial charge on any atom is -0.368 e. The van der Waals surface area contributed by atoms with E-state index in [0.717, 1.165) is 5.57 Å². The molecular formula is C23H28OSi. The average molecular weight is 349 g/mol. The van der Waals surface area contributed by atoms with Gasteiger partial charge in [-0.3, -0.25) is 0 Å². The highest BCUT2D eigenvalue weighted by molar-refractivity contribution is 7.05. The van der Waals surface area contributed by atoms with Gasteiger partial charge in [-0.15, -0.1) is 0 Å². The van der Waals surface area contributed by atoms with Crippen LogP contribution in [0.4, 0.5) is 0 Å². The van der Waals surface area contributed by atoms with Gasteiger partial charge in [-0.05, 0) is 12.0 Å². The lowest BCUT2D eigenvalue weighted by Crippen LogP contribution is -2.69. The fourth-order valence-electron chi connectivity index (χ4n) is 4.07. The zero-order chi connectivity index (χ0) is 18.1. The van der Waals surface area contributed by atoms with Crippen molar-refractivity contribution in [3.05, 3.63) is 85.0 Å². The molecule has 0 unspecified atom stereocenters. The van der Waals surface area contributed by atoms with Crippen molar-refractivity contribution in [2.24, 2.45) is 0 Å². The summed E-state index contributed by atoms with van der Waals surface area (Å²) in [7, 11) is -2.15. The highest BCUT2D eigenvalue weighted by Gasteiger charge is 2.62. The summed E-state index contributed by atoms with van der Waals surface area (Å²) in [5.41, 5.74) is 1.32. The van der Waals surface area contributed by atoms with Crippen molar-refractivity contribution in [2.45, 2.75) is 44.6 Å². The van der Waals surface area contributed by atoms with Gasteiger partial charge >= 0.3 is 0 Å². The summed E-state index contributed by atoms with van der Waals surface area (Å²) in [6.45, 7) is 13.1. The standard InChI is InChI=1S/C23H28OSi/c1-18(2)16-17-21-22(24-21)25(23(3,4)5,19-12-8-6-9-13-19)20-14-10-7-11-15-20/h6-17,21-22H,1H2,2-5H3/b17-16+/t21-,22-/m0/s1. The van der Waals surface area contributed by atoms with Crippen molar-refractivity contribution in [2.75, 3.05) is 0 Å². The smallest absolute Gasteiger partial charge is 0.157 e. The van der Waals surface area contributed by atoms with E-state index >= 15 is 0 Å². The van der Waals surface area contributed by atoms with Crippen molar-refractivity contribution in [1.82, 2.24) is 0 Å². The van der Waals surface area contributed by atoms with Gasteiger partial charge in [0.05, 0.1) is 5.73 Å². The van der Waals surface area contributed by atoms with Crippen LogP contribution in [0.5, 0.6) is 0 Å². The Balaban J connectivity index is 2.16. The maximum Gasteiger partial charge on any atom is 0.157 e. The van der Waals surface area contributed by atoms with Gasteiger partial charge in [-0.2, -0.15) is 0 Å². The molecule has 0 aromatic heterocycles. The fraction of sp³-hybridized carbons (Fsp3) is 0.304. The summed E-state index contributed by atoms with van der Waals surface area (Å²) in [6, 6.07) is 22.0. The van der Waals surface area contributed by atoms with Gasteiger partial charge in [0.15, 0.2) is 8.07 Å². The SMILES string of the molecule is C=C(C)/C=C/[C@@H]1O[C@H]1[Si](c1ccccc1)(c1ccccc1)C(C)(C)C. The summed E-state index contributed by atoms with van der Waals surface area (Å²) in [5, 5.41) is 3.03. The van der Waals surface area contributed by atoms with Gasteiger partial charge in [0.1, 0.15) is 6.10 Å². The molecule has 1 nitrogen and oxygen atoms in total. The molecule has 0 aliphatic carbocycles. The molecule has 1 heterocycles. The molecule has 0 amide bonds. The van der Waals surface area contributed by atoms with Crippen LogP contribution in [0.2, 0.25) is 5.04 Å². The first-order valence-corrected chi connectivity index (χ1v) is 11.1. The third-order valence-corrected chi connectivity index (χ3v) is 11.3. The lowest BCUT2D eigenvalue weighted by molar-refractivity contribution is 0.418. The van der Waals surface area contributed by atoms with Crippen LogP contribution in [0.3, 0.4) is 0 Å². The van der Waals surface area contributed by atoms with Gasteiger partial charge in [0.25, 0.3) is 0 Å². The second-order valence-electron chi connectivity index (χ2n) is 8.02. The van der Waals surface area contributed by atoms with E-state index in [9.17, 15) is 0 Å². The van der Waals surface area contributed by atoms with Gasteiger partial charge in [-0.25, -0.2) is 0 Å². The molecule has 1 aliphatic rings. The summed E-state index contributed by atoms with van der Waals surface area (Å²) in [4.78, 5) is 0. The number of hydrogen-bond donors (Lipinski definition) is 0. The van der Waals surface area contributed by atoms with Crippen molar-refractivity contribution >= 4 is 18.4 Å². The number of epoxide rings is 1. The molecule has 0 spiro atoms. The second kappa shape index (κ2) is 6.78. The highest BCUT2D eigenvalue weighted by Crippen LogP contribution is 2.46. The molecule has 2 heteroatoms. The summed E-state index contributed by atoms with van der Waals surface area (Å²) in [5.74, 6) is 0. The van der Waals surface area contributed by atoms with Crippen LogP contribution in [-0.4, -0.2) is 19.9 Å². The van der Waals surface area contributed by atoms with E-state index in [0.29, 0.717) is 0 Å². The van der Waals surface area contributed by atoms with Gasteiger partial charge in [0.2, 0.25) is 0 Å². The highest BCUT2D eigenvalue weighted by atomic mass is 28.3. The number of hydrogen-bond acceptors (Lipinski definition) is 1. The first kappa shape index (κ1) is 17.9. The van der Waals surface area contributed by atoms with Crippen LogP contribution in [-0.2, 0) is 4.74 Å². The zero-order valence-corrected chi connectivity index (χ0v) is 16.7. The molecule has 2 aromatic carbocycles. The molecule has 1 saturated heterocycles. The van der Waals surface area contributed by atoms with E-state index in [1.165, 1.54) is 10.4 Å². The Bertz CT molecular complexity index is 716. The molecule has 0 N–H and O–H groups in total. The third kappa shape index (κ3) is 3.29. The molecule has 0 radical (unpaired) electrons. The van der Waals surface area contributed by atoms with Gasteiger partial charge < -0.3 is 4.74 Å². The topological polar surface area (TPSA) is 12.5 Å². The molecule has 3 rings (SSSR count). The summed E-state index contributed by atoms with van der Waals surface area (Å²) >= 11 is 0. The Labute approximate surface area is 153 Å². The minimum absolute atomic E-state index is 0.131. The molecule has 2 aromatic rings. The minimum atomic E-state index is -2.15. The quantitative estimate of drug-likeness (QED) is 0.441. The van der Waals surface area contributed by atoms with Crippen LogP contribution >= 0.6 is 0 Å². The van der Waals surface area contributed by atoms with Crippen LogP contribution in [0.25, 0.3) is 0 Å². The normalized spacial score (nSPS) is 20.6. The fourth-order valence-corrected chi connectivity index (χ4v) is 10.0. The lowest BCUT2D eigenvalue weighted by atomic mass is 10.2. The second-order valence-corrected chi connectivity index (χ2v) is 12.9. The van der Waals surface area contributed by atoms with Crippen molar-refractivity contribution in [3.63, 3.8) is 0 Å². The van der Waals surface area contributed by atoms with Gasteiger partial charge in [-0.1, -0.05) is 116 Å². The Hall–Kier alpha value is -1.90. The predicted octanol–water partition coefficient (Wildman–Crippen LogP) is 4.49. The predicted molar refractivity (Wildman–Crippen MR) is 110 cm³/mol. The average Bonchev–Trinajstić information content (AvgIpc) is 3.34. The molecule has 0 bridgehead atoms. The van der Waals surface area contributed by atoms with Crippen molar-refractivity contribution in [1.29, 1.82) is 0 Å². The molecule has 25 heavy (non-hydrogen) atoms. The number of benzene rings is 2. The van der Waals surface area contributed by atoms with Crippen LogP contribution < -0.4 is 10.4 Å². The van der Waals surface area contributed by atoms with Crippen LogP contribution in [0, 0.1) is 0 Å². The number of allylic oxidation sites excluding steroid dienone is 2. The van der Waals surface area contributed by atoms with E-state index in [1.54, 1.807) is 0 Å². The van der Waals surface area contributed by atoms with Crippen molar-refractivity contribution < 1.29 is 4.74 Å². The van der Waals surface area contributed by atoms with Crippen LogP contribution in [0.15, 0.2) is 85.0 Å². The number of ether oxygens (including phenoxy) is 1. The number of rotatable bonds is 5. The lowest BCUT2D eigenvalue weighted by Gasteiger charge is -2.43. The van der Waals surface area contributed by atoms with E-state index in [1.807, 2.05) is 6.92 Å². The summed E-state index contributed by atoms with van der Waals surface area (Å²) < 4.78 is 6.30. The first-order valence-electron chi connectivity index (χ1n) is 8.97. The Morgan fingerprint density at radius 1 is 0.960 bits per heavy atom. The maximum atomic E-state index is 6.30. The zero-order valence-electron chi connectivity index (χ0n) is 15.7. The molecule has 2 atom stereocenters. The van der Waals surface area contributed by atoms with Crippen LogP contribution in [0.1, 0.15) is 27.7 Å². The van der Waals surface area contributed by atoms with E-state index in [-0.39, 0.29) is 16.9 Å². The maximum absolute atomic E-state index is 6.30. The molecule has 130 valence electrons. The third-order valence-electron chi connectivity index (χ3n) is 5.16. The van der Waals surface area contributed by atoms with E-state index in [4.69, 9.17) is 4.74 Å². The van der Waals surface area contributed by atoms with Crippen molar-refractivity contribution in [3.8, 4) is 0 Å². The molecule has 0 saturated carbocycles. The van der Waals surface area contributed by atoms with Gasteiger partial charge in [0, 0.05) is 0 Å².